The molecule has 2 aliphatic heterocycles. The SMILES string of the molecule is C=C/C(=C(\N=C/C)[C@H](C)OC)c1c(CC(C)(C)CO)c2cc(C3=CCCN(CC(NC(=O)OC(C)(C)C)C(=O)N4CCC[C@@H](C(=O)O)N4)C3)ccc2n1CC. The Kier molecular flexibility index (Phi) is 14.7. The standard InChI is InChI=1S/C42H62N6O7/c1-11-30(36(43-12-2)27(4)54-10)37-32(23-42(8,9)26-49)31-22-28(18-19-35(31)47(37)13-3)29-16-14-20-46(24-29)25-34(44-40(53)55-41(5,6)7)38(50)48-21-15-17-33(45-48)39(51)52/h11-12,16,18-19,22,27,33-34,45,49H,1,13-15,17,20-21,23-26H2,2-10H3,(H,44,53)(H,51,52)/b36-30+,43-12-/t27-,33-,34?/m0/s1. The molecule has 0 spiro atoms. The summed E-state index contributed by atoms with van der Waals surface area (Å²) in [5.41, 5.74) is 8.57. The molecule has 55 heavy (non-hydrogen) atoms. The number of aliphatic hydroxyl groups excluding tert-OH is 1. The lowest BCUT2D eigenvalue weighted by Gasteiger charge is -2.36. The Bertz CT molecular complexity index is 1820. The van der Waals surface area contributed by atoms with Gasteiger partial charge in [0, 0.05) is 69.1 Å². The van der Waals surface area contributed by atoms with E-state index in [0.29, 0.717) is 45.4 Å². The number of carbonyl (C=O) groups excluding carboxylic acids is 2. The molecule has 3 atom stereocenters. The van der Waals surface area contributed by atoms with Crippen LogP contribution in [0.2, 0.25) is 0 Å². The van der Waals surface area contributed by atoms with E-state index in [4.69, 9.17) is 14.5 Å². The van der Waals surface area contributed by atoms with Crippen LogP contribution in [0, 0.1) is 5.41 Å². The molecule has 0 aliphatic carbocycles. The van der Waals surface area contributed by atoms with Gasteiger partial charge in [0.15, 0.2) is 0 Å². The van der Waals surface area contributed by atoms with E-state index in [2.05, 4.69) is 71.8 Å². The molecule has 13 heteroatoms. The second kappa shape index (κ2) is 18.6. The lowest BCUT2D eigenvalue weighted by atomic mass is 9.84. The molecule has 4 rings (SSSR count). The first kappa shape index (κ1) is 43.4. The zero-order valence-corrected chi connectivity index (χ0v) is 34.2. The normalized spacial score (nSPS) is 18.8. The highest BCUT2D eigenvalue weighted by Crippen LogP contribution is 2.39. The monoisotopic (exact) mass is 762 g/mol. The third-order valence-corrected chi connectivity index (χ3v) is 10.1. The van der Waals surface area contributed by atoms with Gasteiger partial charge in [0.1, 0.15) is 17.7 Å². The topological polar surface area (TPSA) is 158 Å². The summed E-state index contributed by atoms with van der Waals surface area (Å²) in [6, 6.07) is 4.62. The Morgan fingerprint density at radius 3 is 2.51 bits per heavy atom. The van der Waals surface area contributed by atoms with Gasteiger partial charge in [0.2, 0.25) is 0 Å². The second-order valence-electron chi connectivity index (χ2n) is 16.2. The first-order valence-corrected chi connectivity index (χ1v) is 19.3. The number of aromatic nitrogens is 1. The van der Waals surface area contributed by atoms with Crippen LogP contribution in [0.1, 0.15) is 91.5 Å². The van der Waals surface area contributed by atoms with Crippen molar-refractivity contribution in [3.8, 4) is 0 Å². The van der Waals surface area contributed by atoms with Crippen LogP contribution < -0.4 is 10.7 Å². The summed E-state index contributed by atoms with van der Waals surface area (Å²) in [4.78, 5) is 45.6. The average Bonchev–Trinajstić information content (AvgIpc) is 3.44. The number of ether oxygens (including phenoxy) is 2. The van der Waals surface area contributed by atoms with Crippen molar-refractivity contribution in [2.45, 2.75) is 111 Å². The van der Waals surface area contributed by atoms with Crippen molar-refractivity contribution in [2.75, 3.05) is 39.9 Å². The van der Waals surface area contributed by atoms with Crippen molar-refractivity contribution in [2.24, 2.45) is 10.4 Å². The zero-order valence-electron chi connectivity index (χ0n) is 34.2. The number of aryl methyl sites for hydroxylation is 1. The number of benzene rings is 1. The lowest BCUT2D eigenvalue weighted by molar-refractivity contribution is -0.148. The van der Waals surface area contributed by atoms with E-state index in [-0.39, 0.29) is 19.3 Å². The predicted octanol–water partition coefficient (Wildman–Crippen LogP) is 5.81. The minimum atomic E-state index is -1.03. The molecule has 2 amide bonds. The molecule has 0 saturated carbocycles. The largest absolute Gasteiger partial charge is 0.480 e. The van der Waals surface area contributed by atoms with E-state index in [9.17, 15) is 24.6 Å². The third-order valence-electron chi connectivity index (χ3n) is 10.1. The number of hydrogen-bond donors (Lipinski definition) is 4. The molecule has 1 fully saturated rings. The molecule has 1 saturated heterocycles. The summed E-state index contributed by atoms with van der Waals surface area (Å²) in [6.45, 7) is 22.0. The summed E-state index contributed by atoms with van der Waals surface area (Å²) in [6.07, 6.45) is 7.09. The van der Waals surface area contributed by atoms with Crippen LogP contribution in [0.4, 0.5) is 4.79 Å². The van der Waals surface area contributed by atoms with Gasteiger partial charge in [-0.2, -0.15) is 0 Å². The highest BCUT2D eigenvalue weighted by molar-refractivity contribution is 5.95. The maximum atomic E-state index is 13.9. The number of hydrazine groups is 1. The van der Waals surface area contributed by atoms with Gasteiger partial charge in [-0.1, -0.05) is 38.6 Å². The highest BCUT2D eigenvalue weighted by atomic mass is 16.6. The molecule has 1 aromatic heterocycles. The summed E-state index contributed by atoms with van der Waals surface area (Å²) in [7, 11) is 1.67. The van der Waals surface area contributed by atoms with Gasteiger partial charge in [0.25, 0.3) is 5.91 Å². The van der Waals surface area contributed by atoms with Crippen molar-refractivity contribution in [3.05, 3.63) is 59.4 Å². The number of amides is 2. The Hall–Kier alpha value is -4.30. The fourth-order valence-electron chi connectivity index (χ4n) is 7.32. The minimum absolute atomic E-state index is 0.00769. The van der Waals surface area contributed by atoms with E-state index in [1.54, 1.807) is 34.1 Å². The number of fused-ring (bicyclic) bond motifs is 1. The number of aliphatic hydroxyl groups is 1. The molecule has 2 aromatic rings. The maximum absolute atomic E-state index is 13.9. The van der Waals surface area contributed by atoms with Crippen LogP contribution >= 0.6 is 0 Å². The van der Waals surface area contributed by atoms with E-state index in [1.807, 2.05) is 19.9 Å². The number of nitrogens with one attached hydrogen (secondary N) is 2. The number of methoxy groups -OCH3 is 1. The highest BCUT2D eigenvalue weighted by Gasteiger charge is 2.35. The number of nitrogens with zero attached hydrogens (tertiary/aromatic N) is 4. The van der Waals surface area contributed by atoms with Gasteiger partial charge >= 0.3 is 12.1 Å². The summed E-state index contributed by atoms with van der Waals surface area (Å²) < 4.78 is 13.6. The van der Waals surface area contributed by atoms with Crippen molar-refractivity contribution in [3.63, 3.8) is 0 Å². The second-order valence-corrected chi connectivity index (χ2v) is 16.2. The minimum Gasteiger partial charge on any atom is -0.480 e. The van der Waals surface area contributed by atoms with Crippen LogP contribution in [0.3, 0.4) is 0 Å². The fraction of sp³-hybridized carbons (Fsp3) is 0.571. The number of carbonyl (C=O) groups is 3. The number of rotatable bonds is 15. The number of hydrogen-bond acceptors (Lipinski definition) is 9. The van der Waals surface area contributed by atoms with E-state index in [0.717, 1.165) is 51.0 Å². The smallest absolute Gasteiger partial charge is 0.408 e. The molecule has 0 radical (unpaired) electrons. The molecular formula is C42H62N6O7. The van der Waals surface area contributed by atoms with Crippen molar-refractivity contribution in [1.29, 1.82) is 0 Å². The number of aliphatic carboxylic acids is 1. The van der Waals surface area contributed by atoms with Gasteiger partial charge < -0.3 is 29.6 Å². The number of alkyl carbamates (subject to hydrolysis) is 1. The van der Waals surface area contributed by atoms with Gasteiger partial charge in [-0.15, -0.1) is 0 Å². The first-order valence-electron chi connectivity index (χ1n) is 19.3. The predicted molar refractivity (Wildman–Crippen MR) is 218 cm³/mol. The molecule has 2 aliphatic rings. The first-order chi connectivity index (χ1) is 26.0. The molecule has 13 nitrogen and oxygen atoms in total. The average molecular weight is 763 g/mol. The Balaban J connectivity index is 1.75. The van der Waals surface area contributed by atoms with Gasteiger partial charge in [0.05, 0.1) is 17.5 Å². The molecule has 3 heterocycles. The Morgan fingerprint density at radius 1 is 1.18 bits per heavy atom. The van der Waals surface area contributed by atoms with Gasteiger partial charge in [-0.25, -0.2) is 10.2 Å². The van der Waals surface area contributed by atoms with Gasteiger partial charge in [-0.05, 0) is 101 Å². The van der Waals surface area contributed by atoms with Crippen LogP contribution in [-0.4, -0.2) is 113 Å². The van der Waals surface area contributed by atoms with Crippen LogP contribution in [0.5, 0.6) is 0 Å². The molecule has 4 N–H and O–H groups in total. The number of allylic oxidation sites excluding steroid dienone is 2. The quantitative estimate of drug-likeness (QED) is 0.130. The van der Waals surface area contributed by atoms with Crippen LogP contribution in [0.25, 0.3) is 22.0 Å². The number of aliphatic imine (C=N–C) groups is 1. The third kappa shape index (κ3) is 10.7. The van der Waals surface area contributed by atoms with E-state index in [1.165, 1.54) is 5.01 Å². The fourth-order valence-corrected chi connectivity index (χ4v) is 7.32. The van der Waals surface area contributed by atoms with Crippen LogP contribution in [0.15, 0.2) is 47.6 Å². The molecular weight excluding hydrogens is 700 g/mol. The molecule has 1 unspecified atom stereocenters. The van der Waals surface area contributed by atoms with E-state index >= 15 is 0 Å². The summed E-state index contributed by atoms with van der Waals surface area (Å²) in [5.74, 6) is -1.45. The molecule has 1 aromatic carbocycles. The number of carboxylic acids is 1. The van der Waals surface area contributed by atoms with Crippen molar-refractivity contribution in [1.82, 2.24) is 25.2 Å². The van der Waals surface area contributed by atoms with E-state index < -0.39 is 41.1 Å². The summed E-state index contributed by atoms with van der Waals surface area (Å²) in [5, 5.41) is 25.2. The molecule has 0 bridgehead atoms. The van der Waals surface area contributed by atoms with Crippen molar-refractivity contribution >= 4 is 46.2 Å². The zero-order chi connectivity index (χ0) is 40.7. The van der Waals surface area contributed by atoms with Gasteiger partial charge in [-0.3, -0.25) is 24.5 Å². The lowest BCUT2D eigenvalue weighted by Crippen LogP contribution is -2.62. The van der Waals surface area contributed by atoms with Crippen LogP contribution in [-0.2, 0) is 32.0 Å². The molecule has 302 valence electrons. The Labute approximate surface area is 326 Å². The maximum Gasteiger partial charge on any atom is 0.408 e. The summed E-state index contributed by atoms with van der Waals surface area (Å²) >= 11 is 0. The Morgan fingerprint density at radius 2 is 1.91 bits per heavy atom. The number of carboxylic acid groups (broad SMARTS) is 1. The van der Waals surface area contributed by atoms with Crippen molar-refractivity contribution < 1.29 is 34.1 Å².